The van der Waals surface area contributed by atoms with E-state index in [0.717, 1.165) is 17.0 Å². The molecule has 1 aromatic carbocycles. The summed E-state index contributed by atoms with van der Waals surface area (Å²) in [7, 11) is 3.71. The summed E-state index contributed by atoms with van der Waals surface area (Å²) in [4.78, 5) is 0. The molecule has 3 heteroatoms. The molecule has 0 aliphatic heterocycles. The van der Waals surface area contributed by atoms with Crippen molar-refractivity contribution in [2.24, 2.45) is 0 Å². The van der Waals surface area contributed by atoms with E-state index in [-0.39, 0.29) is 11.6 Å². The second-order valence-electron chi connectivity index (χ2n) is 5.02. The monoisotopic (exact) mass is 255 g/mol. The number of aryl methyl sites for hydroxylation is 1. The van der Waals surface area contributed by atoms with E-state index in [9.17, 15) is 0 Å². The number of halogens is 1. The van der Waals surface area contributed by atoms with Gasteiger partial charge in [0.1, 0.15) is 0 Å². The Kier molecular flexibility index (Phi) is 4.99. The van der Waals surface area contributed by atoms with Gasteiger partial charge in [-0.15, -0.1) is 0 Å². The third-order valence-corrected chi connectivity index (χ3v) is 3.60. The Labute approximate surface area is 109 Å². The second kappa shape index (κ2) is 5.85. The molecule has 1 aromatic rings. The normalized spacial score (nSPS) is 13.8. The molecule has 0 saturated carbocycles. The molecule has 1 unspecified atom stereocenters. The summed E-state index contributed by atoms with van der Waals surface area (Å²) in [5.41, 5.74) is 2.16. The van der Waals surface area contributed by atoms with Crippen molar-refractivity contribution in [3.63, 3.8) is 0 Å². The highest BCUT2D eigenvalue weighted by atomic mass is 35.5. The molecule has 0 bridgehead atoms. The molecular weight excluding hydrogens is 234 g/mol. The Morgan fingerprint density at radius 3 is 2.53 bits per heavy atom. The molecular formula is C14H22ClNO. The lowest BCUT2D eigenvalue weighted by atomic mass is 9.93. The van der Waals surface area contributed by atoms with Gasteiger partial charge < -0.3 is 10.1 Å². The standard InChI is InChI=1S/C14H22ClNO/c1-10-6-7-11(8-12(10)15)13(16-4)9-14(2,3)17-5/h6-8,13,16H,9H2,1-5H3. The molecule has 0 fully saturated rings. The molecule has 0 aliphatic carbocycles. The summed E-state index contributed by atoms with van der Waals surface area (Å²) in [6.07, 6.45) is 0.902. The van der Waals surface area contributed by atoms with Gasteiger partial charge in [0, 0.05) is 18.2 Å². The minimum Gasteiger partial charge on any atom is -0.379 e. The number of benzene rings is 1. The van der Waals surface area contributed by atoms with Crippen molar-refractivity contribution in [3.05, 3.63) is 34.3 Å². The minimum absolute atomic E-state index is 0.148. The second-order valence-corrected chi connectivity index (χ2v) is 5.43. The lowest BCUT2D eigenvalue weighted by Gasteiger charge is -2.28. The van der Waals surface area contributed by atoms with Gasteiger partial charge in [0.05, 0.1) is 5.60 Å². The number of hydrogen-bond acceptors (Lipinski definition) is 2. The molecule has 0 aromatic heterocycles. The van der Waals surface area contributed by atoms with Gasteiger partial charge in [0.25, 0.3) is 0 Å². The summed E-state index contributed by atoms with van der Waals surface area (Å²) in [5, 5.41) is 4.13. The molecule has 0 spiro atoms. The average Bonchev–Trinajstić information content (AvgIpc) is 2.30. The maximum absolute atomic E-state index is 6.16. The summed E-state index contributed by atoms with van der Waals surface area (Å²) in [5.74, 6) is 0. The van der Waals surface area contributed by atoms with E-state index in [1.807, 2.05) is 20.0 Å². The topological polar surface area (TPSA) is 21.3 Å². The Morgan fingerprint density at radius 1 is 1.41 bits per heavy atom. The van der Waals surface area contributed by atoms with Crippen LogP contribution >= 0.6 is 11.6 Å². The summed E-state index contributed by atoms with van der Waals surface area (Å²) < 4.78 is 5.47. The quantitative estimate of drug-likeness (QED) is 0.866. The van der Waals surface area contributed by atoms with Crippen molar-refractivity contribution in [1.29, 1.82) is 0 Å². The van der Waals surface area contributed by atoms with E-state index in [4.69, 9.17) is 16.3 Å². The Morgan fingerprint density at radius 2 is 2.06 bits per heavy atom. The maximum atomic E-state index is 6.16. The fourth-order valence-electron chi connectivity index (χ4n) is 1.79. The lowest BCUT2D eigenvalue weighted by molar-refractivity contribution is 0.00744. The predicted octanol–water partition coefficient (Wildman–Crippen LogP) is 3.72. The van der Waals surface area contributed by atoms with E-state index in [1.165, 1.54) is 5.56 Å². The van der Waals surface area contributed by atoms with Gasteiger partial charge in [-0.05, 0) is 51.4 Å². The van der Waals surface area contributed by atoms with Crippen LogP contribution in [0, 0.1) is 6.92 Å². The first-order valence-corrected chi connectivity index (χ1v) is 6.26. The van der Waals surface area contributed by atoms with Crippen LogP contribution < -0.4 is 5.32 Å². The van der Waals surface area contributed by atoms with Gasteiger partial charge >= 0.3 is 0 Å². The van der Waals surface area contributed by atoms with E-state index in [0.29, 0.717) is 0 Å². The van der Waals surface area contributed by atoms with Crippen LogP contribution in [0.2, 0.25) is 5.02 Å². The zero-order valence-corrected chi connectivity index (χ0v) is 12.1. The van der Waals surface area contributed by atoms with Crippen molar-refractivity contribution in [1.82, 2.24) is 5.32 Å². The van der Waals surface area contributed by atoms with Crippen LogP contribution in [0.25, 0.3) is 0 Å². The summed E-state index contributed by atoms with van der Waals surface area (Å²) >= 11 is 6.16. The fraction of sp³-hybridized carbons (Fsp3) is 0.571. The molecule has 1 N–H and O–H groups in total. The smallest absolute Gasteiger partial charge is 0.0640 e. The maximum Gasteiger partial charge on any atom is 0.0640 e. The molecule has 0 heterocycles. The molecule has 96 valence electrons. The molecule has 1 rings (SSSR count). The van der Waals surface area contributed by atoms with Crippen LogP contribution in [0.1, 0.15) is 37.4 Å². The minimum atomic E-state index is -0.148. The van der Waals surface area contributed by atoms with Crippen molar-refractivity contribution >= 4 is 11.6 Å². The van der Waals surface area contributed by atoms with E-state index < -0.39 is 0 Å². The first-order chi connectivity index (χ1) is 7.89. The molecule has 0 saturated heterocycles. The zero-order valence-electron chi connectivity index (χ0n) is 11.3. The molecule has 2 nitrogen and oxygen atoms in total. The van der Waals surface area contributed by atoms with E-state index in [2.05, 4.69) is 31.3 Å². The third kappa shape index (κ3) is 3.98. The number of nitrogens with one attached hydrogen (secondary N) is 1. The summed E-state index contributed by atoms with van der Waals surface area (Å²) in [6, 6.07) is 6.46. The van der Waals surface area contributed by atoms with E-state index >= 15 is 0 Å². The zero-order chi connectivity index (χ0) is 13.1. The van der Waals surface area contributed by atoms with Gasteiger partial charge in [0.2, 0.25) is 0 Å². The van der Waals surface area contributed by atoms with Crippen molar-refractivity contribution in [3.8, 4) is 0 Å². The number of ether oxygens (including phenoxy) is 1. The number of rotatable bonds is 5. The highest BCUT2D eigenvalue weighted by molar-refractivity contribution is 6.31. The molecule has 17 heavy (non-hydrogen) atoms. The largest absolute Gasteiger partial charge is 0.379 e. The van der Waals surface area contributed by atoms with Gasteiger partial charge in [-0.25, -0.2) is 0 Å². The average molecular weight is 256 g/mol. The van der Waals surface area contributed by atoms with Gasteiger partial charge in [0.15, 0.2) is 0 Å². The van der Waals surface area contributed by atoms with Crippen molar-refractivity contribution < 1.29 is 4.74 Å². The van der Waals surface area contributed by atoms with Crippen LogP contribution in [0.15, 0.2) is 18.2 Å². The van der Waals surface area contributed by atoms with Crippen LogP contribution in [-0.2, 0) is 4.74 Å². The molecule has 0 radical (unpaired) electrons. The third-order valence-electron chi connectivity index (χ3n) is 3.20. The Bertz CT molecular complexity index is 376. The molecule has 1 atom stereocenters. The SMILES string of the molecule is CNC(CC(C)(C)OC)c1ccc(C)c(Cl)c1. The molecule has 0 amide bonds. The predicted molar refractivity (Wildman–Crippen MR) is 73.7 cm³/mol. The first-order valence-electron chi connectivity index (χ1n) is 5.88. The first kappa shape index (κ1) is 14.5. The van der Waals surface area contributed by atoms with Gasteiger partial charge in [-0.1, -0.05) is 23.7 Å². The van der Waals surface area contributed by atoms with E-state index in [1.54, 1.807) is 7.11 Å². The van der Waals surface area contributed by atoms with Crippen LogP contribution in [0.3, 0.4) is 0 Å². The highest BCUT2D eigenvalue weighted by Gasteiger charge is 2.23. The molecule has 0 aliphatic rings. The van der Waals surface area contributed by atoms with Gasteiger partial charge in [-0.3, -0.25) is 0 Å². The number of hydrogen-bond donors (Lipinski definition) is 1. The van der Waals surface area contributed by atoms with Crippen LogP contribution in [0.4, 0.5) is 0 Å². The highest BCUT2D eigenvalue weighted by Crippen LogP contribution is 2.28. The van der Waals surface area contributed by atoms with Crippen molar-refractivity contribution in [2.45, 2.75) is 38.8 Å². The fourth-order valence-corrected chi connectivity index (χ4v) is 1.98. The Hall–Kier alpha value is -0.570. The van der Waals surface area contributed by atoms with Gasteiger partial charge in [-0.2, -0.15) is 0 Å². The van der Waals surface area contributed by atoms with Crippen molar-refractivity contribution in [2.75, 3.05) is 14.2 Å². The summed E-state index contributed by atoms with van der Waals surface area (Å²) in [6.45, 7) is 6.19. The van der Waals surface area contributed by atoms with Crippen LogP contribution in [-0.4, -0.2) is 19.8 Å². The lowest BCUT2D eigenvalue weighted by Crippen LogP contribution is -2.30. The van der Waals surface area contributed by atoms with Crippen LogP contribution in [0.5, 0.6) is 0 Å². The number of methoxy groups -OCH3 is 1. The Balaban J connectivity index is 2.90.